The average molecular weight is 732 g/mol. The van der Waals surface area contributed by atoms with Crippen LogP contribution in [0.1, 0.15) is 258 Å². The van der Waals surface area contributed by atoms with E-state index in [2.05, 4.69) is 31.3 Å². The van der Waals surface area contributed by atoms with Crippen LogP contribution >= 0.6 is 0 Å². The van der Waals surface area contributed by atoms with Crippen LogP contribution in [0.4, 0.5) is 0 Å². The third-order valence-corrected chi connectivity index (χ3v) is 10.9. The van der Waals surface area contributed by atoms with Gasteiger partial charge in [0.05, 0.1) is 18.8 Å². The zero-order valence-corrected chi connectivity index (χ0v) is 35.3. The number of amides is 1. The van der Waals surface area contributed by atoms with Gasteiger partial charge in [0.1, 0.15) is 0 Å². The number of hydrogen-bond acceptors (Lipinski definition) is 3. The molecule has 3 N–H and O–H groups in total. The number of unbranched alkanes of at least 4 members (excludes halogenated alkanes) is 34. The maximum atomic E-state index is 12.3. The molecular weight excluding hydrogens is 639 g/mol. The Morgan fingerprint density at radius 1 is 0.442 bits per heavy atom. The van der Waals surface area contributed by atoms with Gasteiger partial charge in [-0.3, -0.25) is 4.79 Å². The van der Waals surface area contributed by atoms with Crippen molar-refractivity contribution in [1.29, 1.82) is 0 Å². The van der Waals surface area contributed by atoms with Gasteiger partial charge in [0, 0.05) is 6.42 Å². The van der Waals surface area contributed by atoms with E-state index < -0.39 is 12.1 Å². The van der Waals surface area contributed by atoms with E-state index in [1.807, 2.05) is 6.08 Å². The number of carbonyl (C=O) groups is 1. The summed E-state index contributed by atoms with van der Waals surface area (Å²) in [5.74, 6) is -0.0743. The molecule has 0 rings (SSSR count). The van der Waals surface area contributed by atoms with E-state index in [1.54, 1.807) is 6.08 Å². The van der Waals surface area contributed by atoms with Gasteiger partial charge in [0.25, 0.3) is 0 Å². The summed E-state index contributed by atoms with van der Waals surface area (Å²) in [6.45, 7) is 4.29. The molecule has 2 unspecified atom stereocenters. The smallest absolute Gasteiger partial charge is 0.220 e. The van der Waals surface area contributed by atoms with Crippen LogP contribution in [0, 0.1) is 0 Å². The maximum absolute atomic E-state index is 12.3. The van der Waals surface area contributed by atoms with Crippen molar-refractivity contribution in [1.82, 2.24) is 5.32 Å². The highest BCUT2D eigenvalue weighted by Crippen LogP contribution is 2.16. The molecule has 0 heterocycles. The van der Waals surface area contributed by atoms with Crippen LogP contribution in [-0.2, 0) is 4.79 Å². The fourth-order valence-electron chi connectivity index (χ4n) is 7.31. The van der Waals surface area contributed by atoms with Crippen molar-refractivity contribution in [2.24, 2.45) is 0 Å². The highest BCUT2D eigenvalue weighted by molar-refractivity contribution is 5.76. The molecule has 0 aromatic carbocycles. The van der Waals surface area contributed by atoms with Gasteiger partial charge < -0.3 is 15.5 Å². The van der Waals surface area contributed by atoms with Gasteiger partial charge in [0.15, 0.2) is 0 Å². The molecule has 1 amide bonds. The molecule has 0 aliphatic carbocycles. The van der Waals surface area contributed by atoms with Gasteiger partial charge in [-0.2, -0.15) is 0 Å². The van der Waals surface area contributed by atoms with E-state index >= 15 is 0 Å². The van der Waals surface area contributed by atoms with Crippen molar-refractivity contribution in [2.75, 3.05) is 6.61 Å². The summed E-state index contributed by atoms with van der Waals surface area (Å²) in [5, 5.41) is 22.9. The molecule has 0 aromatic heterocycles. The van der Waals surface area contributed by atoms with Crippen LogP contribution in [-0.4, -0.2) is 34.9 Å². The fourth-order valence-corrected chi connectivity index (χ4v) is 7.31. The highest BCUT2D eigenvalue weighted by Gasteiger charge is 2.17. The summed E-state index contributed by atoms with van der Waals surface area (Å²) in [4.78, 5) is 12.3. The number of hydrogen-bond donors (Lipinski definition) is 3. The fraction of sp³-hybridized carbons (Fsp3) is 0.896. The van der Waals surface area contributed by atoms with E-state index in [1.165, 1.54) is 205 Å². The molecule has 2 atom stereocenters. The maximum Gasteiger partial charge on any atom is 0.220 e. The number of nitrogens with one attached hydrogen (secondary N) is 1. The van der Waals surface area contributed by atoms with E-state index in [4.69, 9.17) is 0 Å². The van der Waals surface area contributed by atoms with Gasteiger partial charge in [-0.25, -0.2) is 0 Å². The predicted molar refractivity (Wildman–Crippen MR) is 230 cm³/mol. The van der Waals surface area contributed by atoms with Gasteiger partial charge in [-0.05, 0) is 32.1 Å². The minimum atomic E-state index is -0.857. The Morgan fingerprint density at radius 2 is 0.750 bits per heavy atom. The van der Waals surface area contributed by atoms with Crippen LogP contribution in [0.3, 0.4) is 0 Å². The second-order valence-electron chi connectivity index (χ2n) is 16.2. The quantitative estimate of drug-likeness (QED) is 0.0432. The zero-order chi connectivity index (χ0) is 37.8. The second-order valence-corrected chi connectivity index (χ2v) is 16.2. The van der Waals surface area contributed by atoms with Crippen molar-refractivity contribution in [2.45, 2.75) is 270 Å². The molecule has 0 aliphatic heterocycles. The van der Waals surface area contributed by atoms with Gasteiger partial charge in [-0.1, -0.05) is 244 Å². The number of rotatable bonds is 43. The largest absolute Gasteiger partial charge is 0.394 e. The highest BCUT2D eigenvalue weighted by atomic mass is 16.3. The molecule has 4 nitrogen and oxygen atoms in total. The Morgan fingerprint density at radius 3 is 1.12 bits per heavy atom. The molecule has 0 saturated heterocycles. The summed E-state index contributed by atoms with van der Waals surface area (Å²) in [6.07, 6.45) is 57.5. The normalized spacial score (nSPS) is 13.1. The Kier molecular flexibility index (Phi) is 43.3. The third-order valence-electron chi connectivity index (χ3n) is 10.9. The second kappa shape index (κ2) is 44.3. The minimum Gasteiger partial charge on any atom is -0.394 e. The topological polar surface area (TPSA) is 69.6 Å². The molecule has 0 aromatic rings. The van der Waals surface area contributed by atoms with E-state index in [9.17, 15) is 15.0 Å². The average Bonchev–Trinajstić information content (AvgIpc) is 3.15. The van der Waals surface area contributed by atoms with Gasteiger partial charge in [-0.15, -0.1) is 0 Å². The van der Waals surface area contributed by atoms with Crippen LogP contribution in [0.2, 0.25) is 0 Å². The lowest BCUT2D eigenvalue weighted by Gasteiger charge is -2.19. The van der Waals surface area contributed by atoms with Crippen LogP contribution in [0.25, 0.3) is 0 Å². The SMILES string of the molecule is CCCCCCCCCCCCCCCCCCCCCCCCCC/C=C/CC/C=C/C(O)C(CO)NC(=O)CCCCCCCCCCCC. The van der Waals surface area contributed by atoms with E-state index in [0.29, 0.717) is 6.42 Å². The number of aliphatic hydroxyl groups excluding tert-OH is 2. The lowest BCUT2D eigenvalue weighted by Crippen LogP contribution is -2.45. The van der Waals surface area contributed by atoms with Crippen molar-refractivity contribution >= 4 is 5.91 Å². The Balaban J connectivity index is 3.47. The Hall–Kier alpha value is -1.13. The lowest BCUT2D eigenvalue weighted by molar-refractivity contribution is -0.123. The summed E-state index contributed by atoms with van der Waals surface area (Å²) in [7, 11) is 0. The first kappa shape index (κ1) is 50.9. The first-order chi connectivity index (χ1) is 25.7. The van der Waals surface area contributed by atoms with Gasteiger partial charge in [0.2, 0.25) is 5.91 Å². The number of carbonyl (C=O) groups excluding carboxylic acids is 1. The van der Waals surface area contributed by atoms with Crippen LogP contribution in [0.5, 0.6) is 0 Å². The number of allylic oxidation sites excluding steroid dienone is 3. The Bertz CT molecular complexity index is 750. The predicted octanol–water partition coefficient (Wildman–Crippen LogP) is 14.8. The zero-order valence-electron chi connectivity index (χ0n) is 35.3. The molecule has 0 saturated carbocycles. The van der Waals surface area contributed by atoms with Crippen molar-refractivity contribution in [3.05, 3.63) is 24.3 Å². The van der Waals surface area contributed by atoms with Crippen molar-refractivity contribution in [3.8, 4) is 0 Å². The minimum absolute atomic E-state index is 0.0743. The summed E-state index contributed by atoms with van der Waals surface area (Å²) >= 11 is 0. The molecule has 4 heteroatoms. The van der Waals surface area contributed by atoms with E-state index in [-0.39, 0.29) is 12.5 Å². The first-order valence-corrected chi connectivity index (χ1v) is 23.6. The standard InChI is InChI=1S/C48H93NO3/c1-3-5-7-9-11-13-15-16-17-18-19-20-21-22-23-24-25-26-27-28-29-30-31-32-33-34-35-37-39-41-43-47(51)46(45-50)49-48(52)44-42-40-38-36-14-12-10-8-6-4-2/h34-35,41,43,46-47,50-51H,3-33,36-40,42,44-45H2,1-2H3,(H,49,52)/b35-34+,43-41+. The summed E-state index contributed by atoms with van der Waals surface area (Å²) in [5.41, 5.74) is 0. The summed E-state index contributed by atoms with van der Waals surface area (Å²) < 4.78 is 0. The molecular formula is C48H93NO3. The van der Waals surface area contributed by atoms with Crippen LogP contribution < -0.4 is 5.32 Å². The molecule has 0 spiro atoms. The summed E-state index contributed by atoms with van der Waals surface area (Å²) in [6, 6.07) is -0.633. The Labute approximate surface area is 326 Å². The molecule has 0 aliphatic rings. The first-order valence-electron chi connectivity index (χ1n) is 23.6. The molecule has 0 bridgehead atoms. The van der Waals surface area contributed by atoms with Crippen molar-refractivity contribution in [3.63, 3.8) is 0 Å². The van der Waals surface area contributed by atoms with Crippen LogP contribution in [0.15, 0.2) is 24.3 Å². The molecule has 52 heavy (non-hydrogen) atoms. The molecule has 0 radical (unpaired) electrons. The molecule has 0 fully saturated rings. The van der Waals surface area contributed by atoms with E-state index in [0.717, 1.165) is 32.1 Å². The third kappa shape index (κ3) is 40.1. The van der Waals surface area contributed by atoms with Crippen molar-refractivity contribution < 1.29 is 15.0 Å². The lowest BCUT2D eigenvalue weighted by atomic mass is 10.0. The van der Waals surface area contributed by atoms with Gasteiger partial charge >= 0.3 is 0 Å². The number of aliphatic hydroxyl groups is 2. The monoisotopic (exact) mass is 732 g/mol. The molecule has 308 valence electrons.